The van der Waals surface area contributed by atoms with Crippen molar-refractivity contribution in [3.05, 3.63) is 71.1 Å². The van der Waals surface area contributed by atoms with Gasteiger partial charge in [-0.1, -0.05) is 23.4 Å². The zero-order chi connectivity index (χ0) is 20.3. The number of nitrogens with zero attached hydrogens (tertiary/aromatic N) is 3. The van der Waals surface area contributed by atoms with Crippen LogP contribution < -0.4 is 10.6 Å². The van der Waals surface area contributed by atoms with Gasteiger partial charge in [-0.3, -0.25) is 4.79 Å². The summed E-state index contributed by atoms with van der Waals surface area (Å²) in [6.45, 7) is 7.79. The molecule has 1 aromatic carbocycles. The first-order valence-corrected chi connectivity index (χ1v) is 9.00. The number of carbonyl (C=O) groups is 1. The zero-order valence-electron chi connectivity index (χ0n) is 15.5. The molecule has 0 aliphatic carbocycles. The SMILES string of the molecule is C=CCN1C(=S)N[C@@H](c2cccc(C#N)c2)C(C(=O)Nc2cc(C)on2)=C1C. The van der Waals surface area contributed by atoms with Crippen LogP contribution in [0.2, 0.25) is 0 Å². The van der Waals surface area contributed by atoms with Gasteiger partial charge in [0.15, 0.2) is 10.9 Å². The van der Waals surface area contributed by atoms with Gasteiger partial charge >= 0.3 is 0 Å². The minimum atomic E-state index is -0.505. The lowest BCUT2D eigenvalue weighted by Gasteiger charge is -2.37. The van der Waals surface area contributed by atoms with Crippen molar-refractivity contribution in [1.82, 2.24) is 15.4 Å². The topological polar surface area (TPSA) is 94.2 Å². The van der Waals surface area contributed by atoms with E-state index in [4.69, 9.17) is 16.7 Å². The molecule has 7 nitrogen and oxygen atoms in total. The van der Waals surface area contributed by atoms with Crippen LogP contribution in [0.4, 0.5) is 5.82 Å². The van der Waals surface area contributed by atoms with Crippen molar-refractivity contribution >= 4 is 29.1 Å². The number of benzene rings is 1. The van der Waals surface area contributed by atoms with E-state index in [1.807, 2.05) is 13.0 Å². The average molecular weight is 393 g/mol. The number of aryl methyl sites for hydroxylation is 1. The Balaban J connectivity index is 2.05. The summed E-state index contributed by atoms with van der Waals surface area (Å²) in [4.78, 5) is 14.9. The molecule has 28 heavy (non-hydrogen) atoms. The molecule has 142 valence electrons. The van der Waals surface area contributed by atoms with Crippen LogP contribution in [-0.2, 0) is 4.79 Å². The fourth-order valence-electron chi connectivity index (χ4n) is 3.07. The number of anilines is 1. The molecule has 1 aliphatic rings. The van der Waals surface area contributed by atoms with Gasteiger partial charge in [0, 0.05) is 18.3 Å². The van der Waals surface area contributed by atoms with Crippen molar-refractivity contribution in [2.45, 2.75) is 19.9 Å². The number of allylic oxidation sites excluding steroid dienone is 1. The predicted molar refractivity (Wildman–Crippen MR) is 109 cm³/mol. The first-order chi connectivity index (χ1) is 13.4. The maximum absolute atomic E-state index is 13.1. The van der Waals surface area contributed by atoms with Crippen LogP contribution >= 0.6 is 12.2 Å². The smallest absolute Gasteiger partial charge is 0.257 e. The van der Waals surface area contributed by atoms with Crippen LogP contribution in [0.1, 0.15) is 29.9 Å². The molecule has 0 saturated heterocycles. The van der Waals surface area contributed by atoms with Crippen LogP contribution in [0.25, 0.3) is 0 Å². The number of rotatable bonds is 5. The van der Waals surface area contributed by atoms with Crippen molar-refractivity contribution in [2.24, 2.45) is 0 Å². The molecule has 0 bridgehead atoms. The standard InChI is InChI=1S/C20H19N5O2S/c1-4-8-25-13(3)17(19(26)22-16-9-12(2)27-24-16)18(23-20(25)28)15-7-5-6-14(10-15)11-21/h4-7,9-10,18H,1,8H2,2-3H3,(H,23,28)(H,22,24,26)/t18-/m0/s1. The number of thiocarbonyl (C=S) groups is 1. The van der Waals surface area contributed by atoms with Gasteiger partial charge < -0.3 is 20.1 Å². The summed E-state index contributed by atoms with van der Waals surface area (Å²) < 4.78 is 5.02. The molecule has 0 unspecified atom stereocenters. The summed E-state index contributed by atoms with van der Waals surface area (Å²) in [5.74, 6) is 0.591. The van der Waals surface area contributed by atoms with Crippen molar-refractivity contribution < 1.29 is 9.32 Å². The van der Waals surface area contributed by atoms with E-state index in [1.165, 1.54) is 0 Å². The number of nitriles is 1. The van der Waals surface area contributed by atoms with E-state index in [-0.39, 0.29) is 5.91 Å². The van der Waals surface area contributed by atoms with Crippen molar-refractivity contribution in [3.63, 3.8) is 0 Å². The van der Waals surface area contributed by atoms with Gasteiger partial charge in [-0.25, -0.2) is 0 Å². The molecule has 1 aliphatic heterocycles. The van der Waals surface area contributed by atoms with Crippen LogP contribution in [0, 0.1) is 18.3 Å². The predicted octanol–water partition coefficient (Wildman–Crippen LogP) is 3.18. The van der Waals surface area contributed by atoms with Gasteiger partial charge in [0.2, 0.25) is 0 Å². The van der Waals surface area contributed by atoms with Gasteiger partial charge in [-0.2, -0.15) is 5.26 Å². The number of nitrogens with one attached hydrogen (secondary N) is 2. The Morgan fingerprint density at radius 2 is 2.29 bits per heavy atom. The number of carbonyl (C=O) groups excluding carboxylic acids is 1. The van der Waals surface area contributed by atoms with E-state index in [0.29, 0.717) is 40.1 Å². The van der Waals surface area contributed by atoms with E-state index < -0.39 is 6.04 Å². The number of hydrogen-bond donors (Lipinski definition) is 2. The summed E-state index contributed by atoms with van der Waals surface area (Å²) in [5, 5.41) is 19.5. The number of aromatic nitrogens is 1. The van der Waals surface area contributed by atoms with Crippen LogP contribution in [0.3, 0.4) is 0 Å². The molecule has 2 N–H and O–H groups in total. The number of hydrogen-bond acceptors (Lipinski definition) is 5. The third-order valence-corrected chi connectivity index (χ3v) is 4.71. The quantitative estimate of drug-likeness (QED) is 0.595. The Morgan fingerprint density at radius 1 is 1.50 bits per heavy atom. The summed E-state index contributed by atoms with van der Waals surface area (Å²) in [5.41, 5.74) is 2.45. The summed E-state index contributed by atoms with van der Waals surface area (Å²) >= 11 is 5.49. The van der Waals surface area contributed by atoms with Gasteiger partial charge in [-0.15, -0.1) is 6.58 Å². The van der Waals surface area contributed by atoms with Crippen molar-refractivity contribution in [3.8, 4) is 6.07 Å². The molecule has 0 saturated carbocycles. The highest BCUT2D eigenvalue weighted by Crippen LogP contribution is 2.31. The Kier molecular flexibility index (Phi) is 5.57. The zero-order valence-corrected chi connectivity index (χ0v) is 16.3. The molecule has 2 aromatic rings. The summed E-state index contributed by atoms with van der Waals surface area (Å²) in [7, 11) is 0. The highest BCUT2D eigenvalue weighted by Gasteiger charge is 2.34. The lowest BCUT2D eigenvalue weighted by atomic mass is 9.93. The van der Waals surface area contributed by atoms with E-state index in [2.05, 4.69) is 28.4 Å². The van der Waals surface area contributed by atoms with Gasteiger partial charge in [-0.05, 0) is 43.8 Å². The molecule has 2 heterocycles. The lowest BCUT2D eigenvalue weighted by molar-refractivity contribution is -0.113. The second-order valence-electron chi connectivity index (χ2n) is 6.30. The summed E-state index contributed by atoms with van der Waals surface area (Å²) in [6.07, 6.45) is 1.71. The molecule has 1 aromatic heterocycles. The monoisotopic (exact) mass is 393 g/mol. The normalized spacial score (nSPS) is 16.4. The van der Waals surface area contributed by atoms with E-state index in [9.17, 15) is 10.1 Å². The minimum absolute atomic E-state index is 0.329. The lowest BCUT2D eigenvalue weighted by Crippen LogP contribution is -2.48. The van der Waals surface area contributed by atoms with E-state index >= 15 is 0 Å². The molecule has 0 radical (unpaired) electrons. The van der Waals surface area contributed by atoms with Gasteiger partial charge in [0.1, 0.15) is 5.76 Å². The van der Waals surface area contributed by atoms with Gasteiger partial charge in [0.05, 0.1) is 23.2 Å². The first-order valence-electron chi connectivity index (χ1n) is 8.59. The highest BCUT2D eigenvalue weighted by molar-refractivity contribution is 7.80. The Labute approximate surface area is 168 Å². The third kappa shape index (κ3) is 3.80. The molecule has 0 fully saturated rings. The summed E-state index contributed by atoms with van der Waals surface area (Å²) in [6, 6.07) is 10.3. The molecule has 3 rings (SSSR count). The fourth-order valence-corrected chi connectivity index (χ4v) is 3.40. The second-order valence-corrected chi connectivity index (χ2v) is 6.68. The van der Waals surface area contributed by atoms with Crippen molar-refractivity contribution in [2.75, 3.05) is 11.9 Å². The molecule has 0 spiro atoms. The maximum atomic E-state index is 13.1. The third-order valence-electron chi connectivity index (χ3n) is 4.37. The van der Waals surface area contributed by atoms with E-state index in [0.717, 1.165) is 5.56 Å². The molecular formula is C20H19N5O2S. The van der Waals surface area contributed by atoms with Crippen LogP contribution in [0.15, 0.2) is 58.8 Å². The molecule has 1 amide bonds. The minimum Gasteiger partial charge on any atom is -0.360 e. The van der Waals surface area contributed by atoms with E-state index in [1.54, 1.807) is 42.2 Å². The Morgan fingerprint density at radius 3 is 2.93 bits per heavy atom. The van der Waals surface area contributed by atoms with Gasteiger partial charge in [0.25, 0.3) is 5.91 Å². The molecule has 1 atom stereocenters. The highest BCUT2D eigenvalue weighted by atomic mass is 32.1. The fraction of sp³-hybridized carbons (Fsp3) is 0.200. The molecular weight excluding hydrogens is 374 g/mol. The van der Waals surface area contributed by atoms with Crippen LogP contribution in [-0.4, -0.2) is 27.6 Å². The maximum Gasteiger partial charge on any atom is 0.257 e. The van der Waals surface area contributed by atoms with Crippen molar-refractivity contribution in [1.29, 1.82) is 5.26 Å². The largest absolute Gasteiger partial charge is 0.360 e. The average Bonchev–Trinajstić information content (AvgIpc) is 3.09. The Bertz CT molecular complexity index is 1020. The van der Waals surface area contributed by atoms with Crippen LogP contribution in [0.5, 0.6) is 0 Å². The Hall–Kier alpha value is -3.44. The first kappa shape index (κ1) is 19.3. The number of amides is 1. The molecule has 8 heteroatoms. The second kappa shape index (κ2) is 8.06.